The predicted molar refractivity (Wildman–Crippen MR) is 99.5 cm³/mol. The summed E-state index contributed by atoms with van der Waals surface area (Å²) in [5.74, 6) is 2.10. The molecular weight excluding hydrogens is 344 g/mol. The summed E-state index contributed by atoms with van der Waals surface area (Å²) in [6.45, 7) is 3.42. The van der Waals surface area contributed by atoms with Crippen LogP contribution in [-0.4, -0.2) is 48.7 Å². The highest BCUT2D eigenvalue weighted by Gasteiger charge is 2.26. The molecule has 1 amide bonds. The lowest BCUT2D eigenvalue weighted by Gasteiger charge is -2.32. The number of carbonyl (C=O) groups is 1. The number of amides is 1. The van der Waals surface area contributed by atoms with Gasteiger partial charge in [0.1, 0.15) is 30.6 Å². The fraction of sp³-hybridized carbons (Fsp3) is 0.333. The number of pyridine rings is 1. The summed E-state index contributed by atoms with van der Waals surface area (Å²) in [5, 5.41) is 7.01. The molecule has 9 nitrogen and oxygen atoms in total. The Morgan fingerprint density at radius 2 is 1.96 bits per heavy atom. The molecule has 0 saturated carbocycles. The molecule has 0 aromatic carbocycles. The van der Waals surface area contributed by atoms with Gasteiger partial charge in [-0.25, -0.2) is 24.6 Å². The van der Waals surface area contributed by atoms with Gasteiger partial charge in [-0.1, -0.05) is 6.07 Å². The van der Waals surface area contributed by atoms with Crippen molar-refractivity contribution in [2.75, 3.05) is 23.3 Å². The molecule has 0 aliphatic carbocycles. The molecule has 4 rings (SSSR count). The van der Waals surface area contributed by atoms with Gasteiger partial charge in [0.25, 0.3) is 0 Å². The van der Waals surface area contributed by atoms with E-state index in [0.717, 1.165) is 37.4 Å². The zero-order chi connectivity index (χ0) is 18.6. The van der Waals surface area contributed by atoms with Crippen LogP contribution in [0.3, 0.4) is 0 Å². The maximum Gasteiger partial charge on any atom is 0.228 e. The average molecular weight is 364 g/mol. The fourth-order valence-corrected chi connectivity index (χ4v) is 3.17. The van der Waals surface area contributed by atoms with Crippen LogP contribution in [0.5, 0.6) is 0 Å². The molecule has 0 atom stereocenters. The molecule has 9 heteroatoms. The van der Waals surface area contributed by atoms with Gasteiger partial charge in [0.15, 0.2) is 5.82 Å². The SMILES string of the molecule is Cc1cccc(NC(=O)C2CCN(c3cc(-n4cncn4)ncn3)CC2)n1. The van der Waals surface area contributed by atoms with E-state index in [1.54, 1.807) is 11.0 Å². The number of carbonyl (C=O) groups excluding carboxylic acids is 1. The third-order valence-corrected chi connectivity index (χ3v) is 4.62. The van der Waals surface area contributed by atoms with E-state index in [-0.39, 0.29) is 11.8 Å². The molecule has 1 saturated heterocycles. The zero-order valence-corrected chi connectivity index (χ0v) is 15.0. The van der Waals surface area contributed by atoms with Crippen LogP contribution in [0.1, 0.15) is 18.5 Å². The molecule has 0 radical (unpaired) electrons. The standard InChI is InChI=1S/C18H20N8O/c1-13-3-2-4-15(23-13)24-18(27)14-5-7-25(8-6-14)16-9-17(21-11-20-16)26-12-19-10-22-26/h2-4,9-12,14H,5-8H2,1H3,(H,23,24,27). The summed E-state index contributed by atoms with van der Waals surface area (Å²) in [7, 11) is 0. The summed E-state index contributed by atoms with van der Waals surface area (Å²) < 4.78 is 1.60. The summed E-state index contributed by atoms with van der Waals surface area (Å²) in [6.07, 6.45) is 6.12. The lowest BCUT2D eigenvalue weighted by molar-refractivity contribution is -0.120. The first kappa shape index (κ1) is 17.1. The van der Waals surface area contributed by atoms with Crippen molar-refractivity contribution in [2.24, 2.45) is 5.92 Å². The molecule has 1 fully saturated rings. The minimum Gasteiger partial charge on any atom is -0.356 e. The quantitative estimate of drug-likeness (QED) is 0.750. The topological polar surface area (TPSA) is 102 Å². The molecule has 1 aliphatic heterocycles. The summed E-state index contributed by atoms with van der Waals surface area (Å²) >= 11 is 0. The first-order valence-corrected chi connectivity index (χ1v) is 8.85. The number of nitrogens with zero attached hydrogens (tertiary/aromatic N) is 7. The molecule has 0 bridgehead atoms. The third-order valence-electron chi connectivity index (χ3n) is 4.62. The van der Waals surface area contributed by atoms with Crippen LogP contribution in [-0.2, 0) is 4.79 Å². The molecule has 1 N–H and O–H groups in total. The van der Waals surface area contributed by atoms with E-state index in [0.29, 0.717) is 11.6 Å². The van der Waals surface area contributed by atoms with Gasteiger partial charge >= 0.3 is 0 Å². The van der Waals surface area contributed by atoms with Crippen LogP contribution in [0, 0.1) is 12.8 Å². The number of anilines is 2. The second-order valence-electron chi connectivity index (χ2n) is 6.49. The van der Waals surface area contributed by atoms with E-state index in [4.69, 9.17) is 0 Å². The number of aryl methyl sites for hydroxylation is 1. The van der Waals surface area contributed by atoms with Crippen molar-refractivity contribution in [3.05, 3.63) is 48.9 Å². The van der Waals surface area contributed by atoms with Gasteiger partial charge in [-0.05, 0) is 31.9 Å². The average Bonchev–Trinajstić information content (AvgIpc) is 3.23. The van der Waals surface area contributed by atoms with E-state index in [9.17, 15) is 4.79 Å². The molecule has 4 heterocycles. The van der Waals surface area contributed by atoms with Gasteiger partial charge < -0.3 is 10.2 Å². The third kappa shape index (κ3) is 3.91. The summed E-state index contributed by atoms with van der Waals surface area (Å²) in [6, 6.07) is 7.49. The largest absolute Gasteiger partial charge is 0.356 e. The van der Waals surface area contributed by atoms with Gasteiger partial charge in [0.2, 0.25) is 5.91 Å². The molecular formula is C18H20N8O. The van der Waals surface area contributed by atoms with Crippen LogP contribution >= 0.6 is 0 Å². The Labute approximate surface area is 156 Å². The van der Waals surface area contributed by atoms with Crippen molar-refractivity contribution >= 4 is 17.5 Å². The Morgan fingerprint density at radius 1 is 1.15 bits per heavy atom. The van der Waals surface area contributed by atoms with Gasteiger partial charge in [-0.15, -0.1) is 0 Å². The van der Waals surface area contributed by atoms with Crippen molar-refractivity contribution in [3.63, 3.8) is 0 Å². The second-order valence-corrected chi connectivity index (χ2v) is 6.49. The van der Waals surface area contributed by atoms with Crippen molar-refractivity contribution < 1.29 is 4.79 Å². The van der Waals surface area contributed by atoms with Crippen LogP contribution in [0.15, 0.2) is 43.2 Å². The number of hydrogen-bond donors (Lipinski definition) is 1. The molecule has 0 unspecified atom stereocenters. The molecule has 3 aromatic rings. The van der Waals surface area contributed by atoms with E-state index < -0.39 is 0 Å². The normalized spacial score (nSPS) is 14.9. The molecule has 27 heavy (non-hydrogen) atoms. The number of nitrogens with one attached hydrogen (secondary N) is 1. The maximum atomic E-state index is 12.5. The Morgan fingerprint density at radius 3 is 2.70 bits per heavy atom. The lowest BCUT2D eigenvalue weighted by Crippen LogP contribution is -2.38. The van der Waals surface area contributed by atoms with Crippen LogP contribution in [0.25, 0.3) is 5.82 Å². The van der Waals surface area contributed by atoms with Crippen molar-refractivity contribution in [1.29, 1.82) is 0 Å². The monoisotopic (exact) mass is 364 g/mol. The van der Waals surface area contributed by atoms with E-state index in [1.807, 2.05) is 31.2 Å². The minimum atomic E-state index is -0.0276. The molecule has 0 spiro atoms. The van der Waals surface area contributed by atoms with E-state index in [2.05, 4.69) is 35.3 Å². The predicted octanol–water partition coefficient (Wildman–Crippen LogP) is 1.62. The summed E-state index contributed by atoms with van der Waals surface area (Å²) in [4.78, 5) is 31.5. The fourth-order valence-electron chi connectivity index (χ4n) is 3.17. The Hall–Kier alpha value is -3.36. The Kier molecular flexibility index (Phi) is 4.73. The lowest BCUT2D eigenvalue weighted by atomic mass is 9.96. The number of hydrogen-bond acceptors (Lipinski definition) is 7. The molecule has 138 valence electrons. The highest BCUT2D eigenvalue weighted by molar-refractivity contribution is 5.91. The highest BCUT2D eigenvalue weighted by Crippen LogP contribution is 2.23. The van der Waals surface area contributed by atoms with Crippen molar-refractivity contribution in [1.82, 2.24) is 29.7 Å². The van der Waals surface area contributed by atoms with Gasteiger partial charge in [-0.3, -0.25) is 4.79 Å². The van der Waals surface area contributed by atoms with Crippen molar-refractivity contribution in [2.45, 2.75) is 19.8 Å². The van der Waals surface area contributed by atoms with Crippen LogP contribution < -0.4 is 10.2 Å². The van der Waals surface area contributed by atoms with E-state index in [1.165, 1.54) is 12.7 Å². The summed E-state index contributed by atoms with van der Waals surface area (Å²) in [5.41, 5.74) is 0.884. The minimum absolute atomic E-state index is 0.0266. The molecule has 1 aliphatic rings. The highest BCUT2D eigenvalue weighted by atomic mass is 16.1. The first-order chi connectivity index (χ1) is 13.2. The Balaban J connectivity index is 1.37. The Bertz CT molecular complexity index is 919. The zero-order valence-electron chi connectivity index (χ0n) is 15.0. The molecule has 3 aromatic heterocycles. The van der Waals surface area contributed by atoms with Crippen LogP contribution in [0.4, 0.5) is 11.6 Å². The van der Waals surface area contributed by atoms with E-state index >= 15 is 0 Å². The smallest absolute Gasteiger partial charge is 0.228 e. The van der Waals surface area contributed by atoms with Gasteiger partial charge in [0.05, 0.1) is 0 Å². The maximum absolute atomic E-state index is 12.5. The number of aromatic nitrogens is 6. The van der Waals surface area contributed by atoms with Crippen LogP contribution in [0.2, 0.25) is 0 Å². The van der Waals surface area contributed by atoms with Crippen molar-refractivity contribution in [3.8, 4) is 5.82 Å². The van der Waals surface area contributed by atoms with Gasteiger partial charge in [0, 0.05) is 30.8 Å². The second kappa shape index (κ2) is 7.48. The first-order valence-electron chi connectivity index (χ1n) is 8.85. The number of rotatable bonds is 4. The van der Waals surface area contributed by atoms with Gasteiger partial charge in [-0.2, -0.15) is 5.10 Å². The number of piperidine rings is 1.